The minimum atomic E-state index is -0.687. The van der Waals surface area contributed by atoms with Crippen molar-refractivity contribution in [1.82, 2.24) is 0 Å². The van der Waals surface area contributed by atoms with Crippen molar-refractivity contribution in [2.75, 3.05) is 6.61 Å². The van der Waals surface area contributed by atoms with Crippen molar-refractivity contribution in [3.63, 3.8) is 0 Å². The number of aliphatic hydroxyl groups excluding tert-OH is 1. The molecular formula is C11H17NO2. The second kappa shape index (κ2) is 4.02. The fraction of sp³-hybridized carbons (Fsp3) is 0.727. The first-order valence-electron chi connectivity index (χ1n) is 4.79. The molecule has 0 aromatic heterocycles. The monoisotopic (exact) mass is 195 g/mol. The van der Waals surface area contributed by atoms with Crippen LogP contribution in [-0.4, -0.2) is 29.3 Å². The van der Waals surface area contributed by atoms with Crippen molar-refractivity contribution in [3.05, 3.63) is 0 Å². The lowest BCUT2D eigenvalue weighted by Gasteiger charge is -2.12. The van der Waals surface area contributed by atoms with Crippen molar-refractivity contribution in [1.29, 1.82) is 0 Å². The summed E-state index contributed by atoms with van der Waals surface area (Å²) in [7, 11) is 0. The van der Waals surface area contributed by atoms with E-state index in [2.05, 4.69) is 16.8 Å². The fourth-order valence-electron chi connectivity index (χ4n) is 1.25. The van der Waals surface area contributed by atoms with Gasteiger partial charge in [0.1, 0.15) is 12.7 Å². The van der Waals surface area contributed by atoms with E-state index < -0.39 is 6.10 Å². The second-order valence-corrected chi connectivity index (χ2v) is 4.18. The van der Waals surface area contributed by atoms with E-state index in [0.29, 0.717) is 12.5 Å². The van der Waals surface area contributed by atoms with E-state index in [4.69, 9.17) is 4.74 Å². The smallest absolute Gasteiger partial charge is 0.190 e. The van der Waals surface area contributed by atoms with Gasteiger partial charge in [-0.2, -0.15) is 0 Å². The molecule has 1 rings (SSSR count). The zero-order valence-corrected chi connectivity index (χ0v) is 9.16. The van der Waals surface area contributed by atoms with Gasteiger partial charge in [0.25, 0.3) is 0 Å². The summed E-state index contributed by atoms with van der Waals surface area (Å²) in [4.78, 5) is 4.39. The standard InChI is InChI=1S/C11H17NO2/c1-5-6-9(13)8(2)10-12-11(3,4)7-14-10/h8-9,13H,7H2,1-4H3/t8-,9-/m0/s1. The Bertz CT molecular complexity index is 296. The molecule has 1 aliphatic heterocycles. The lowest BCUT2D eigenvalue weighted by Crippen LogP contribution is -2.24. The van der Waals surface area contributed by atoms with Crippen LogP contribution in [0.4, 0.5) is 0 Å². The third kappa shape index (κ3) is 2.49. The maximum Gasteiger partial charge on any atom is 0.190 e. The number of aliphatic hydroxyl groups is 1. The summed E-state index contributed by atoms with van der Waals surface area (Å²) in [5.41, 5.74) is -0.164. The molecule has 0 aromatic carbocycles. The molecule has 78 valence electrons. The Labute approximate surface area is 85.2 Å². The van der Waals surface area contributed by atoms with Gasteiger partial charge in [-0.15, -0.1) is 5.92 Å². The summed E-state index contributed by atoms with van der Waals surface area (Å²) < 4.78 is 5.42. The Morgan fingerprint density at radius 1 is 1.57 bits per heavy atom. The topological polar surface area (TPSA) is 41.8 Å². The third-order valence-corrected chi connectivity index (χ3v) is 2.14. The maximum atomic E-state index is 9.61. The third-order valence-electron chi connectivity index (χ3n) is 2.14. The quantitative estimate of drug-likeness (QED) is 0.673. The molecule has 14 heavy (non-hydrogen) atoms. The highest BCUT2D eigenvalue weighted by atomic mass is 16.5. The minimum Gasteiger partial charge on any atom is -0.478 e. The Kier molecular flexibility index (Phi) is 3.17. The van der Waals surface area contributed by atoms with Crippen LogP contribution in [0.3, 0.4) is 0 Å². The van der Waals surface area contributed by atoms with E-state index >= 15 is 0 Å². The van der Waals surface area contributed by atoms with Crippen molar-refractivity contribution in [3.8, 4) is 11.8 Å². The first kappa shape index (κ1) is 11.1. The molecule has 1 aliphatic rings. The normalized spacial score (nSPS) is 22.8. The lowest BCUT2D eigenvalue weighted by molar-refractivity contribution is 0.181. The predicted molar refractivity (Wildman–Crippen MR) is 56.1 cm³/mol. The Morgan fingerprint density at radius 2 is 2.21 bits per heavy atom. The second-order valence-electron chi connectivity index (χ2n) is 4.18. The van der Waals surface area contributed by atoms with Crippen LogP contribution in [0.15, 0.2) is 4.99 Å². The van der Waals surface area contributed by atoms with E-state index in [-0.39, 0.29) is 11.5 Å². The minimum absolute atomic E-state index is 0.149. The van der Waals surface area contributed by atoms with Gasteiger partial charge in [0.05, 0.1) is 11.5 Å². The molecule has 0 radical (unpaired) electrons. The summed E-state index contributed by atoms with van der Waals surface area (Å²) in [6.07, 6.45) is -0.687. The largest absolute Gasteiger partial charge is 0.478 e. The van der Waals surface area contributed by atoms with Crippen molar-refractivity contribution in [2.24, 2.45) is 10.9 Å². The molecule has 0 saturated heterocycles. The molecule has 0 amide bonds. The number of nitrogens with zero attached hydrogens (tertiary/aromatic N) is 1. The summed E-state index contributed by atoms with van der Waals surface area (Å²) in [5.74, 6) is 5.84. The Balaban J connectivity index is 2.70. The van der Waals surface area contributed by atoms with Gasteiger partial charge in [0, 0.05) is 0 Å². The van der Waals surface area contributed by atoms with E-state index in [1.165, 1.54) is 0 Å². The molecular weight excluding hydrogens is 178 g/mol. The van der Waals surface area contributed by atoms with Crippen molar-refractivity contribution < 1.29 is 9.84 Å². The number of ether oxygens (including phenoxy) is 1. The van der Waals surface area contributed by atoms with E-state index in [1.54, 1.807) is 6.92 Å². The van der Waals surface area contributed by atoms with Gasteiger partial charge in [-0.25, -0.2) is 4.99 Å². The van der Waals surface area contributed by atoms with Gasteiger partial charge >= 0.3 is 0 Å². The summed E-state index contributed by atoms with van der Waals surface area (Å²) in [5, 5.41) is 9.61. The summed E-state index contributed by atoms with van der Waals surface area (Å²) >= 11 is 0. The van der Waals surface area contributed by atoms with Gasteiger partial charge in [-0.1, -0.05) is 12.8 Å². The highest BCUT2D eigenvalue weighted by Gasteiger charge is 2.31. The molecule has 0 fully saturated rings. The Hall–Kier alpha value is -1.01. The van der Waals surface area contributed by atoms with E-state index in [0.717, 1.165) is 0 Å². The number of aliphatic imine (C=N–C) groups is 1. The average Bonchev–Trinajstić information content (AvgIpc) is 2.45. The molecule has 3 heteroatoms. The average molecular weight is 195 g/mol. The van der Waals surface area contributed by atoms with E-state index in [1.807, 2.05) is 20.8 Å². The first-order valence-corrected chi connectivity index (χ1v) is 4.79. The number of hydrogen-bond donors (Lipinski definition) is 1. The molecule has 0 spiro atoms. The van der Waals surface area contributed by atoms with Gasteiger partial charge in [-0.05, 0) is 20.8 Å². The van der Waals surface area contributed by atoms with Crippen LogP contribution in [0.5, 0.6) is 0 Å². The summed E-state index contributed by atoms with van der Waals surface area (Å²) in [6.45, 7) is 8.17. The van der Waals surface area contributed by atoms with Crippen LogP contribution < -0.4 is 0 Å². The number of hydrogen-bond acceptors (Lipinski definition) is 3. The number of rotatable bonds is 2. The molecule has 1 N–H and O–H groups in total. The molecule has 2 atom stereocenters. The predicted octanol–water partition coefficient (Wildman–Crippen LogP) is 1.21. The molecule has 0 aromatic rings. The van der Waals surface area contributed by atoms with Crippen LogP contribution >= 0.6 is 0 Å². The fourth-order valence-corrected chi connectivity index (χ4v) is 1.25. The van der Waals surface area contributed by atoms with Crippen LogP contribution in [-0.2, 0) is 4.74 Å². The highest BCUT2D eigenvalue weighted by molar-refractivity contribution is 5.81. The van der Waals surface area contributed by atoms with Crippen molar-refractivity contribution >= 4 is 5.90 Å². The zero-order chi connectivity index (χ0) is 10.8. The van der Waals surface area contributed by atoms with Crippen molar-refractivity contribution in [2.45, 2.75) is 39.3 Å². The molecule has 0 saturated carbocycles. The zero-order valence-electron chi connectivity index (χ0n) is 9.16. The molecule has 0 bridgehead atoms. The SMILES string of the molecule is CC#C[C@H](O)[C@H](C)C1=NC(C)(C)CO1. The van der Waals surface area contributed by atoms with Gasteiger partial charge < -0.3 is 9.84 Å². The van der Waals surface area contributed by atoms with Gasteiger partial charge in [0.15, 0.2) is 5.90 Å². The van der Waals surface area contributed by atoms with Crippen LogP contribution in [0.1, 0.15) is 27.7 Å². The summed E-state index contributed by atoms with van der Waals surface area (Å²) in [6, 6.07) is 0. The maximum absolute atomic E-state index is 9.61. The van der Waals surface area contributed by atoms with Gasteiger partial charge in [-0.3, -0.25) is 0 Å². The molecule has 0 unspecified atom stereocenters. The van der Waals surface area contributed by atoms with Crippen LogP contribution in [0, 0.1) is 17.8 Å². The Morgan fingerprint density at radius 3 is 2.64 bits per heavy atom. The van der Waals surface area contributed by atoms with E-state index in [9.17, 15) is 5.11 Å². The highest BCUT2D eigenvalue weighted by Crippen LogP contribution is 2.21. The molecule has 0 aliphatic carbocycles. The van der Waals surface area contributed by atoms with Crippen LogP contribution in [0.25, 0.3) is 0 Å². The van der Waals surface area contributed by atoms with Crippen LogP contribution in [0.2, 0.25) is 0 Å². The van der Waals surface area contributed by atoms with Gasteiger partial charge in [0.2, 0.25) is 0 Å². The first-order chi connectivity index (χ1) is 6.46. The molecule has 3 nitrogen and oxygen atoms in total. The lowest BCUT2D eigenvalue weighted by atomic mass is 10.1. The molecule has 1 heterocycles.